The van der Waals surface area contributed by atoms with Crippen LogP contribution in [0.25, 0.3) is 0 Å². The van der Waals surface area contributed by atoms with Gasteiger partial charge in [-0.1, -0.05) is 29.8 Å². The van der Waals surface area contributed by atoms with E-state index in [2.05, 4.69) is 10.1 Å². The molecule has 0 aromatic heterocycles. The van der Waals surface area contributed by atoms with Gasteiger partial charge < -0.3 is 10.1 Å². The molecule has 0 fully saturated rings. The minimum Gasteiger partial charge on any atom is -0.440 e. The number of amides is 1. The Morgan fingerprint density at radius 1 is 1.41 bits per heavy atom. The maximum absolute atomic E-state index is 11.7. The SMILES string of the molecule is Cc1cccc(CNC(=O)OCC(F)(F)F)c1. The summed E-state index contributed by atoms with van der Waals surface area (Å²) in [6.45, 7) is 0.441. The first-order valence-electron chi connectivity index (χ1n) is 4.90. The highest BCUT2D eigenvalue weighted by Crippen LogP contribution is 2.14. The summed E-state index contributed by atoms with van der Waals surface area (Å²) in [5.41, 5.74) is 1.81. The smallest absolute Gasteiger partial charge is 0.422 e. The number of carbonyl (C=O) groups is 1. The molecule has 0 aliphatic carbocycles. The number of ether oxygens (including phenoxy) is 1. The first-order chi connectivity index (χ1) is 7.87. The van der Waals surface area contributed by atoms with E-state index in [9.17, 15) is 18.0 Å². The van der Waals surface area contributed by atoms with E-state index in [0.717, 1.165) is 11.1 Å². The van der Waals surface area contributed by atoms with Gasteiger partial charge in [0.15, 0.2) is 6.61 Å². The summed E-state index contributed by atoms with van der Waals surface area (Å²) in [6, 6.07) is 7.26. The van der Waals surface area contributed by atoms with Crippen LogP contribution < -0.4 is 5.32 Å². The molecule has 17 heavy (non-hydrogen) atoms. The molecule has 0 spiro atoms. The second-order valence-electron chi connectivity index (χ2n) is 3.53. The van der Waals surface area contributed by atoms with Crippen LogP contribution in [0, 0.1) is 6.92 Å². The van der Waals surface area contributed by atoms with Crippen molar-refractivity contribution in [3.8, 4) is 0 Å². The molecule has 1 aromatic rings. The van der Waals surface area contributed by atoms with Crippen LogP contribution in [-0.2, 0) is 11.3 Å². The molecule has 1 aromatic carbocycles. The number of aryl methyl sites for hydroxylation is 1. The lowest BCUT2D eigenvalue weighted by Crippen LogP contribution is -2.28. The number of alkyl halides is 3. The molecule has 0 saturated heterocycles. The maximum Gasteiger partial charge on any atom is 0.422 e. The van der Waals surface area contributed by atoms with Crippen LogP contribution >= 0.6 is 0 Å². The van der Waals surface area contributed by atoms with E-state index >= 15 is 0 Å². The first kappa shape index (κ1) is 13.3. The Morgan fingerprint density at radius 3 is 2.71 bits per heavy atom. The van der Waals surface area contributed by atoms with Crippen LogP contribution in [0.3, 0.4) is 0 Å². The zero-order chi connectivity index (χ0) is 12.9. The highest BCUT2D eigenvalue weighted by molar-refractivity contribution is 5.67. The van der Waals surface area contributed by atoms with E-state index in [1.165, 1.54) is 0 Å². The van der Waals surface area contributed by atoms with Gasteiger partial charge in [0.25, 0.3) is 0 Å². The van der Waals surface area contributed by atoms with Gasteiger partial charge in [0.1, 0.15) is 0 Å². The average Bonchev–Trinajstić information content (AvgIpc) is 2.23. The Labute approximate surface area is 96.6 Å². The fourth-order valence-corrected chi connectivity index (χ4v) is 1.19. The lowest BCUT2D eigenvalue weighted by atomic mass is 10.1. The Balaban J connectivity index is 2.33. The molecule has 0 unspecified atom stereocenters. The second kappa shape index (κ2) is 5.56. The van der Waals surface area contributed by atoms with E-state index in [0.29, 0.717) is 0 Å². The molecule has 0 atom stereocenters. The van der Waals surface area contributed by atoms with Gasteiger partial charge in [-0.3, -0.25) is 0 Å². The quantitative estimate of drug-likeness (QED) is 0.891. The van der Waals surface area contributed by atoms with Gasteiger partial charge in [0, 0.05) is 6.54 Å². The second-order valence-corrected chi connectivity index (χ2v) is 3.53. The molecule has 0 radical (unpaired) electrons. The van der Waals surface area contributed by atoms with Gasteiger partial charge in [-0.25, -0.2) is 4.79 Å². The summed E-state index contributed by atoms with van der Waals surface area (Å²) in [5.74, 6) is 0. The van der Waals surface area contributed by atoms with Crippen molar-refractivity contribution in [1.82, 2.24) is 5.32 Å². The molecule has 1 N–H and O–H groups in total. The molecular formula is C11H12F3NO2. The number of carbonyl (C=O) groups excluding carboxylic acids is 1. The van der Waals surface area contributed by atoms with Crippen molar-refractivity contribution in [2.24, 2.45) is 0 Å². The van der Waals surface area contributed by atoms with Crippen LogP contribution in [0.4, 0.5) is 18.0 Å². The highest BCUT2D eigenvalue weighted by Gasteiger charge is 2.29. The van der Waals surface area contributed by atoms with Gasteiger partial charge in [0.2, 0.25) is 0 Å². The maximum atomic E-state index is 11.7. The predicted molar refractivity (Wildman–Crippen MR) is 55.4 cm³/mol. The largest absolute Gasteiger partial charge is 0.440 e. The predicted octanol–water partition coefficient (Wildman–Crippen LogP) is 2.78. The molecule has 1 rings (SSSR count). The van der Waals surface area contributed by atoms with Crippen molar-refractivity contribution in [2.45, 2.75) is 19.6 Å². The van der Waals surface area contributed by atoms with Crippen LogP contribution in [0.1, 0.15) is 11.1 Å². The standard InChI is InChI=1S/C11H12F3NO2/c1-8-3-2-4-9(5-8)6-15-10(16)17-7-11(12,13)14/h2-5H,6-7H2,1H3,(H,15,16). The molecule has 1 amide bonds. The van der Waals surface area contributed by atoms with E-state index in [1.54, 1.807) is 12.1 Å². The summed E-state index contributed by atoms with van der Waals surface area (Å²) < 4.78 is 39.2. The Morgan fingerprint density at radius 2 is 2.12 bits per heavy atom. The summed E-state index contributed by atoms with van der Waals surface area (Å²) in [6.07, 6.45) is -5.58. The molecular weight excluding hydrogens is 235 g/mol. The molecule has 94 valence electrons. The van der Waals surface area contributed by atoms with Gasteiger partial charge in [0.05, 0.1) is 0 Å². The van der Waals surface area contributed by atoms with Gasteiger partial charge >= 0.3 is 12.3 Å². The minimum absolute atomic E-state index is 0.137. The third-order valence-corrected chi connectivity index (χ3v) is 1.89. The summed E-state index contributed by atoms with van der Waals surface area (Å²) in [7, 11) is 0. The fraction of sp³-hybridized carbons (Fsp3) is 0.364. The summed E-state index contributed by atoms with van der Waals surface area (Å²) >= 11 is 0. The average molecular weight is 247 g/mol. The molecule has 0 aliphatic rings. The molecule has 3 nitrogen and oxygen atoms in total. The number of hydrogen-bond acceptors (Lipinski definition) is 2. The van der Waals surface area contributed by atoms with Crippen molar-refractivity contribution in [1.29, 1.82) is 0 Å². The van der Waals surface area contributed by atoms with Crippen LogP contribution in [0.15, 0.2) is 24.3 Å². The Kier molecular flexibility index (Phi) is 4.37. The summed E-state index contributed by atoms with van der Waals surface area (Å²) in [4.78, 5) is 10.9. The van der Waals surface area contributed by atoms with Crippen molar-refractivity contribution in [3.63, 3.8) is 0 Å². The third kappa shape index (κ3) is 5.79. The molecule has 0 aliphatic heterocycles. The molecule has 0 heterocycles. The molecule has 6 heteroatoms. The first-order valence-corrected chi connectivity index (χ1v) is 4.90. The van der Waals surface area contributed by atoms with Crippen molar-refractivity contribution < 1.29 is 22.7 Å². The topological polar surface area (TPSA) is 38.3 Å². The van der Waals surface area contributed by atoms with Gasteiger partial charge in [-0.05, 0) is 12.5 Å². The lowest BCUT2D eigenvalue weighted by Gasteiger charge is -2.09. The van der Waals surface area contributed by atoms with Gasteiger partial charge in [-0.2, -0.15) is 13.2 Å². The van der Waals surface area contributed by atoms with Gasteiger partial charge in [-0.15, -0.1) is 0 Å². The van der Waals surface area contributed by atoms with Crippen LogP contribution in [0.2, 0.25) is 0 Å². The van der Waals surface area contributed by atoms with Crippen LogP contribution in [-0.4, -0.2) is 18.9 Å². The van der Waals surface area contributed by atoms with Crippen molar-refractivity contribution in [3.05, 3.63) is 35.4 Å². The number of rotatable bonds is 3. The number of halogens is 3. The Hall–Kier alpha value is -1.72. The van der Waals surface area contributed by atoms with E-state index in [1.807, 2.05) is 19.1 Å². The lowest BCUT2D eigenvalue weighted by molar-refractivity contribution is -0.160. The molecule has 0 saturated carbocycles. The number of alkyl carbamates (subject to hydrolysis) is 1. The van der Waals surface area contributed by atoms with Crippen molar-refractivity contribution >= 4 is 6.09 Å². The fourth-order valence-electron chi connectivity index (χ4n) is 1.19. The van der Waals surface area contributed by atoms with E-state index in [-0.39, 0.29) is 6.54 Å². The normalized spacial score (nSPS) is 11.1. The number of benzene rings is 1. The summed E-state index contributed by atoms with van der Waals surface area (Å²) in [5, 5.41) is 2.24. The number of nitrogens with one attached hydrogen (secondary N) is 1. The van der Waals surface area contributed by atoms with E-state index in [4.69, 9.17) is 0 Å². The Bertz CT molecular complexity index is 391. The molecule has 0 bridgehead atoms. The minimum atomic E-state index is -4.50. The van der Waals surface area contributed by atoms with E-state index < -0.39 is 18.9 Å². The highest BCUT2D eigenvalue weighted by atomic mass is 19.4. The zero-order valence-corrected chi connectivity index (χ0v) is 9.17. The number of hydrogen-bond donors (Lipinski definition) is 1. The monoisotopic (exact) mass is 247 g/mol. The van der Waals surface area contributed by atoms with Crippen molar-refractivity contribution in [2.75, 3.05) is 6.61 Å². The van der Waals surface area contributed by atoms with Crippen LogP contribution in [0.5, 0.6) is 0 Å². The zero-order valence-electron chi connectivity index (χ0n) is 9.17. The third-order valence-electron chi connectivity index (χ3n) is 1.89.